The van der Waals surface area contributed by atoms with Crippen molar-refractivity contribution in [3.63, 3.8) is 0 Å². The van der Waals surface area contributed by atoms with Crippen molar-refractivity contribution < 1.29 is 9.13 Å². The summed E-state index contributed by atoms with van der Waals surface area (Å²) < 4.78 is 19.3. The number of benzene rings is 1. The largest absolute Gasteiger partial charge is 0.489 e. The molecule has 2 rings (SSSR count). The lowest BCUT2D eigenvalue weighted by Crippen LogP contribution is -2.36. The maximum Gasteiger partial charge on any atom is 0.129 e. The van der Waals surface area contributed by atoms with Crippen LogP contribution in [0.25, 0.3) is 0 Å². The van der Waals surface area contributed by atoms with Gasteiger partial charge in [-0.15, -0.1) is 0 Å². The Labute approximate surface area is 109 Å². The molecule has 0 amide bonds. The first-order valence-corrected chi connectivity index (χ1v) is 6.72. The summed E-state index contributed by atoms with van der Waals surface area (Å²) >= 11 is 0. The maximum atomic E-state index is 13.5. The maximum absolute atomic E-state index is 13.5. The molecule has 0 bridgehead atoms. The molecular weight excluding hydrogens is 229 g/mol. The summed E-state index contributed by atoms with van der Waals surface area (Å²) in [5, 5.41) is 3.47. The Kier molecular flexibility index (Phi) is 4.23. The molecule has 0 saturated heterocycles. The Hall–Kier alpha value is -1.09. The molecule has 1 aliphatic carbocycles. The Bertz CT molecular complexity index is 401. The van der Waals surface area contributed by atoms with E-state index in [2.05, 4.69) is 19.2 Å². The van der Waals surface area contributed by atoms with Crippen molar-refractivity contribution in [2.45, 2.75) is 45.8 Å². The Balaban J connectivity index is 1.95. The molecule has 2 nitrogen and oxygen atoms in total. The monoisotopic (exact) mass is 251 g/mol. The van der Waals surface area contributed by atoms with Crippen molar-refractivity contribution in [2.24, 2.45) is 5.92 Å². The van der Waals surface area contributed by atoms with Crippen molar-refractivity contribution in [1.29, 1.82) is 0 Å². The van der Waals surface area contributed by atoms with Crippen LogP contribution in [0.1, 0.15) is 32.3 Å². The van der Waals surface area contributed by atoms with Gasteiger partial charge in [-0.2, -0.15) is 0 Å². The lowest BCUT2D eigenvalue weighted by molar-refractivity contribution is 0.148. The lowest BCUT2D eigenvalue weighted by atomic mass is 10.1. The van der Waals surface area contributed by atoms with E-state index < -0.39 is 0 Å². The number of nitrogens with one attached hydrogen (secondary N) is 1. The molecule has 0 spiro atoms. The summed E-state index contributed by atoms with van der Waals surface area (Å²) in [6, 6.07) is 5.74. The number of ether oxygens (including phenoxy) is 1. The van der Waals surface area contributed by atoms with Crippen molar-refractivity contribution in [3.05, 3.63) is 29.6 Å². The summed E-state index contributed by atoms with van der Waals surface area (Å²) in [6.07, 6.45) is 2.63. The molecule has 0 aliphatic heterocycles. The molecule has 0 heterocycles. The van der Waals surface area contributed by atoms with Crippen LogP contribution in [0.4, 0.5) is 4.39 Å². The molecule has 1 unspecified atom stereocenters. The average Bonchev–Trinajstić information content (AvgIpc) is 3.12. The second-order valence-electron chi connectivity index (χ2n) is 5.49. The van der Waals surface area contributed by atoms with Gasteiger partial charge in [0.2, 0.25) is 0 Å². The van der Waals surface area contributed by atoms with Gasteiger partial charge in [0.15, 0.2) is 0 Å². The lowest BCUT2D eigenvalue weighted by Gasteiger charge is -2.23. The van der Waals surface area contributed by atoms with Gasteiger partial charge in [0, 0.05) is 18.7 Å². The van der Waals surface area contributed by atoms with Gasteiger partial charge in [-0.05, 0) is 37.3 Å². The predicted molar refractivity (Wildman–Crippen MR) is 71.4 cm³/mol. The highest BCUT2D eigenvalue weighted by atomic mass is 19.1. The van der Waals surface area contributed by atoms with E-state index in [1.54, 1.807) is 13.0 Å². The molecule has 0 aromatic heterocycles. The molecule has 1 saturated carbocycles. The molecule has 0 radical (unpaired) electrons. The van der Waals surface area contributed by atoms with Gasteiger partial charge in [-0.1, -0.05) is 19.9 Å². The Morgan fingerprint density at radius 2 is 2.11 bits per heavy atom. The van der Waals surface area contributed by atoms with E-state index in [0.29, 0.717) is 23.3 Å². The van der Waals surface area contributed by atoms with Crippen LogP contribution in [0.5, 0.6) is 5.75 Å². The van der Waals surface area contributed by atoms with Gasteiger partial charge >= 0.3 is 0 Å². The third-order valence-corrected chi connectivity index (χ3v) is 3.36. The predicted octanol–water partition coefficient (Wildman–Crippen LogP) is 3.29. The SMILES string of the molecule is Cc1ccc(OC(CNC2CC2)C(C)C)cc1F. The first kappa shape index (κ1) is 13.3. The smallest absolute Gasteiger partial charge is 0.129 e. The Morgan fingerprint density at radius 3 is 2.67 bits per heavy atom. The van der Waals surface area contributed by atoms with E-state index in [9.17, 15) is 4.39 Å². The fraction of sp³-hybridized carbons (Fsp3) is 0.600. The van der Waals surface area contributed by atoms with Crippen molar-refractivity contribution in [2.75, 3.05) is 6.54 Å². The quantitative estimate of drug-likeness (QED) is 0.837. The highest BCUT2D eigenvalue weighted by Crippen LogP contribution is 2.21. The molecule has 1 atom stereocenters. The van der Waals surface area contributed by atoms with E-state index in [1.807, 2.05) is 6.07 Å². The molecule has 3 heteroatoms. The van der Waals surface area contributed by atoms with Crippen LogP contribution in [-0.4, -0.2) is 18.7 Å². The number of halogens is 1. The highest BCUT2D eigenvalue weighted by molar-refractivity contribution is 5.28. The van der Waals surface area contributed by atoms with Gasteiger partial charge in [-0.3, -0.25) is 0 Å². The topological polar surface area (TPSA) is 21.3 Å². The zero-order valence-corrected chi connectivity index (χ0v) is 11.4. The van der Waals surface area contributed by atoms with Crippen LogP contribution in [-0.2, 0) is 0 Å². The molecule has 1 aliphatic rings. The van der Waals surface area contributed by atoms with Gasteiger partial charge < -0.3 is 10.1 Å². The number of hydrogen-bond acceptors (Lipinski definition) is 2. The van der Waals surface area contributed by atoms with Crippen molar-refractivity contribution >= 4 is 0 Å². The summed E-state index contributed by atoms with van der Waals surface area (Å²) in [4.78, 5) is 0. The molecule has 1 aromatic rings. The molecule has 1 fully saturated rings. The normalized spacial score (nSPS) is 16.9. The number of rotatable bonds is 6. The van der Waals surface area contributed by atoms with E-state index in [-0.39, 0.29) is 11.9 Å². The number of aryl methyl sites for hydroxylation is 1. The van der Waals surface area contributed by atoms with E-state index in [1.165, 1.54) is 18.9 Å². The van der Waals surface area contributed by atoms with Crippen molar-refractivity contribution in [3.8, 4) is 5.75 Å². The number of hydrogen-bond donors (Lipinski definition) is 1. The minimum atomic E-state index is -0.204. The summed E-state index contributed by atoms with van der Waals surface area (Å²) in [5.74, 6) is 0.820. The van der Waals surface area contributed by atoms with E-state index in [0.717, 1.165) is 6.54 Å². The minimum absolute atomic E-state index is 0.0905. The fourth-order valence-corrected chi connectivity index (χ4v) is 1.81. The van der Waals surface area contributed by atoms with Gasteiger partial charge in [0.1, 0.15) is 17.7 Å². The molecular formula is C15H22FNO. The molecule has 18 heavy (non-hydrogen) atoms. The molecule has 1 N–H and O–H groups in total. The minimum Gasteiger partial charge on any atom is -0.489 e. The molecule has 100 valence electrons. The zero-order chi connectivity index (χ0) is 13.1. The molecule has 1 aromatic carbocycles. The van der Waals surface area contributed by atoms with Crippen molar-refractivity contribution in [1.82, 2.24) is 5.32 Å². The first-order valence-electron chi connectivity index (χ1n) is 6.72. The zero-order valence-electron chi connectivity index (χ0n) is 11.4. The van der Waals surface area contributed by atoms with Gasteiger partial charge in [0.25, 0.3) is 0 Å². The van der Waals surface area contributed by atoms with Crippen LogP contribution >= 0.6 is 0 Å². The second-order valence-corrected chi connectivity index (χ2v) is 5.49. The third kappa shape index (κ3) is 3.70. The standard InChI is InChI=1S/C15H22FNO/c1-10(2)15(9-17-12-5-6-12)18-13-7-4-11(3)14(16)8-13/h4,7-8,10,12,15,17H,5-6,9H2,1-3H3. The van der Waals surface area contributed by atoms with Crippen LogP contribution in [0, 0.1) is 18.7 Å². The summed E-state index contributed by atoms with van der Waals surface area (Å²) in [6.45, 7) is 6.85. The van der Waals surface area contributed by atoms with Crippen LogP contribution in [0.3, 0.4) is 0 Å². The summed E-state index contributed by atoms with van der Waals surface area (Å²) in [5.41, 5.74) is 0.652. The third-order valence-electron chi connectivity index (χ3n) is 3.36. The van der Waals surface area contributed by atoms with Crippen LogP contribution < -0.4 is 10.1 Å². The van der Waals surface area contributed by atoms with Gasteiger partial charge in [-0.25, -0.2) is 4.39 Å². The van der Waals surface area contributed by atoms with Crippen LogP contribution in [0.2, 0.25) is 0 Å². The Morgan fingerprint density at radius 1 is 1.39 bits per heavy atom. The summed E-state index contributed by atoms with van der Waals surface area (Å²) in [7, 11) is 0. The fourth-order valence-electron chi connectivity index (χ4n) is 1.81. The second kappa shape index (κ2) is 5.70. The van der Waals surface area contributed by atoms with Gasteiger partial charge in [0.05, 0.1) is 0 Å². The average molecular weight is 251 g/mol. The highest BCUT2D eigenvalue weighted by Gasteiger charge is 2.23. The van der Waals surface area contributed by atoms with E-state index >= 15 is 0 Å². The van der Waals surface area contributed by atoms with E-state index in [4.69, 9.17) is 4.74 Å². The first-order chi connectivity index (χ1) is 8.56. The van der Waals surface area contributed by atoms with Crippen LogP contribution in [0.15, 0.2) is 18.2 Å².